The van der Waals surface area contributed by atoms with E-state index in [2.05, 4.69) is 79.9 Å². The first kappa shape index (κ1) is 15.8. The van der Waals surface area contributed by atoms with E-state index >= 15 is 0 Å². The second-order valence-corrected chi connectivity index (χ2v) is 9.20. The highest BCUT2D eigenvalue weighted by Gasteiger charge is 2.09. The Labute approximate surface area is 155 Å². The SMILES string of the molecule is CC(C)c1ccc(-c2ccc(-c3ccc(-c4cccs4)s3)s2)cc1. The van der Waals surface area contributed by atoms with Gasteiger partial charge in [0, 0.05) is 24.4 Å². The van der Waals surface area contributed by atoms with Crippen molar-refractivity contribution in [3.63, 3.8) is 0 Å². The van der Waals surface area contributed by atoms with E-state index in [4.69, 9.17) is 0 Å². The van der Waals surface area contributed by atoms with Crippen LogP contribution in [0.1, 0.15) is 25.3 Å². The third-order valence-electron chi connectivity index (χ3n) is 4.08. The summed E-state index contributed by atoms with van der Waals surface area (Å²) in [5, 5.41) is 2.14. The predicted molar refractivity (Wildman–Crippen MR) is 110 cm³/mol. The van der Waals surface area contributed by atoms with Gasteiger partial charge in [0.25, 0.3) is 0 Å². The van der Waals surface area contributed by atoms with Crippen LogP contribution in [0.25, 0.3) is 29.9 Å². The van der Waals surface area contributed by atoms with E-state index in [0.717, 1.165) is 0 Å². The van der Waals surface area contributed by atoms with E-state index in [-0.39, 0.29) is 0 Å². The van der Waals surface area contributed by atoms with E-state index in [1.807, 2.05) is 22.7 Å². The Bertz CT molecular complexity index is 922. The molecule has 0 saturated carbocycles. The molecule has 1 aromatic carbocycles. The summed E-state index contributed by atoms with van der Waals surface area (Å²) >= 11 is 5.56. The molecule has 0 nitrogen and oxygen atoms in total. The lowest BCUT2D eigenvalue weighted by Crippen LogP contribution is -1.85. The summed E-state index contributed by atoms with van der Waals surface area (Å²) in [5.74, 6) is 0.583. The number of hydrogen-bond acceptors (Lipinski definition) is 3. The summed E-state index contributed by atoms with van der Waals surface area (Å²) < 4.78 is 0. The molecule has 3 heteroatoms. The predicted octanol–water partition coefficient (Wildman–Crippen LogP) is 8.00. The van der Waals surface area contributed by atoms with E-state index in [1.165, 1.54) is 35.5 Å². The van der Waals surface area contributed by atoms with Gasteiger partial charge in [-0.1, -0.05) is 44.2 Å². The molecular formula is C21H18S3. The highest BCUT2D eigenvalue weighted by atomic mass is 32.1. The number of benzene rings is 1. The average molecular weight is 367 g/mol. The highest BCUT2D eigenvalue weighted by molar-refractivity contribution is 7.27. The molecule has 3 aromatic heterocycles. The summed E-state index contributed by atoms with van der Waals surface area (Å²) in [6.07, 6.45) is 0. The van der Waals surface area contributed by atoms with Crippen LogP contribution in [0.15, 0.2) is 66.0 Å². The lowest BCUT2D eigenvalue weighted by molar-refractivity contribution is 0.867. The van der Waals surface area contributed by atoms with Gasteiger partial charge < -0.3 is 0 Å². The van der Waals surface area contributed by atoms with Crippen molar-refractivity contribution in [2.75, 3.05) is 0 Å². The first-order valence-electron chi connectivity index (χ1n) is 8.05. The molecule has 24 heavy (non-hydrogen) atoms. The zero-order chi connectivity index (χ0) is 16.5. The summed E-state index contributed by atoms with van der Waals surface area (Å²) in [6, 6.07) is 22.3. The molecule has 0 atom stereocenters. The molecule has 0 fully saturated rings. The third-order valence-corrected chi connectivity index (χ3v) is 7.56. The maximum Gasteiger partial charge on any atom is 0.0449 e. The van der Waals surface area contributed by atoms with Gasteiger partial charge in [0.1, 0.15) is 0 Å². The topological polar surface area (TPSA) is 0 Å². The molecule has 0 aliphatic rings. The zero-order valence-corrected chi connectivity index (χ0v) is 16.1. The Morgan fingerprint density at radius 3 is 1.79 bits per heavy atom. The van der Waals surface area contributed by atoms with Crippen molar-refractivity contribution in [3.8, 4) is 29.9 Å². The van der Waals surface area contributed by atoms with Crippen LogP contribution in [0.3, 0.4) is 0 Å². The molecule has 0 aliphatic heterocycles. The second-order valence-electron chi connectivity index (χ2n) is 6.08. The van der Waals surface area contributed by atoms with Gasteiger partial charge in [-0.25, -0.2) is 0 Å². The molecular weight excluding hydrogens is 348 g/mol. The molecule has 120 valence electrons. The standard InChI is InChI=1S/C21H18S3/c1-14(2)15-5-7-16(8-6-15)17-9-10-20(23-17)21-12-11-19(24-21)18-4-3-13-22-18/h3-14H,1-2H3. The molecule has 0 unspecified atom stereocenters. The van der Waals surface area contributed by atoms with Crippen LogP contribution in [0.2, 0.25) is 0 Å². The minimum absolute atomic E-state index is 0.583. The first-order chi connectivity index (χ1) is 11.7. The van der Waals surface area contributed by atoms with Crippen molar-refractivity contribution in [1.82, 2.24) is 0 Å². The van der Waals surface area contributed by atoms with Crippen molar-refractivity contribution in [1.29, 1.82) is 0 Å². The Morgan fingerprint density at radius 2 is 1.21 bits per heavy atom. The fourth-order valence-electron chi connectivity index (χ4n) is 2.68. The molecule has 4 aromatic rings. The largest absolute Gasteiger partial charge is 0.143 e. The van der Waals surface area contributed by atoms with E-state index in [9.17, 15) is 0 Å². The van der Waals surface area contributed by atoms with Gasteiger partial charge in [-0.2, -0.15) is 0 Å². The van der Waals surface area contributed by atoms with Gasteiger partial charge in [-0.15, -0.1) is 34.0 Å². The Kier molecular flexibility index (Phi) is 4.40. The summed E-state index contributed by atoms with van der Waals surface area (Å²) in [6.45, 7) is 4.47. The molecule has 0 radical (unpaired) electrons. The van der Waals surface area contributed by atoms with Crippen molar-refractivity contribution >= 4 is 34.0 Å². The highest BCUT2D eigenvalue weighted by Crippen LogP contribution is 2.41. The van der Waals surface area contributed by atoms with Crippen LogP contribution in [0, 0.1) is 0 Å². The third kappa shape index (κ3) is 3.12. The zero-order valence-electron chi connectivity index (χ0n) is 13.7. The molecule has 0 saturated heterocycles. The summed E-state index contributed by atoms with van der Waals surface area (Å²) in [4.78, 5) is 6.76. The second kappa shape index (κ2) is 6.67. The molecule has 4 rings (SSSR count). The van der Waals surface area contributed by atoms with E-state index in [1.54, 1.807) is 11.3 Å². The van der Waals surface area contributed by atoms with Crippen molar-refractivity contribution in [2.45, 2.75) is 19.8 Å². The van der Waals surface area contributed by atoms with Crippen LogP contribution in [0.5, 0.6) is 0 Å². The minimum Gasteiger partial charge on any atom is -0.143 e. The van der Waals surface area contributed by atoms with E-state index < -0.39 is 0 Å². The van der Waals surface area contributed by atoms with Crippen LogP contribution in [-0.2, 0) is 0 Å². The van der Waals surface area contributed by atoms with E-state index in [0.29, 0.717) is 5.92 Å². The summed E-state index contributed by atoms with van der Waals surface area (Å²) in [5.41, 5.74) is 2.71. The molecule has 0 amide bonds. The number of hydrogen-bond donors (Lipinski definition) is 0. The number of rotatable bonds is 4. The van der Waals surface area contributed by atoms with Crippen LogP contribution < -0.4 is 0 Å². The summed E-state index contributed by atoms with van der Waals surface area (Å²) in [7, 11) is 0. The van der Waals surface area contributed by atoms with Gasteiger partial charge in [0.15, 0.2) is 0 Å². The van der Waals surface area contributed by atoms with Crippen molar-refractivity contribution in [2.24, 2.45) is 0 Å². The molecule has 0 bridgehead atoms. The Morgan fingerprint density at radius 1 is 0.625 bits per heavy atom. The maximum atomic E-state index is 2.25. The average Bonchev–Trinajstić information content (AvgIpc) is 3.33. The monoisotopic (exact) mass is 366 g/mol. The van der Waals surface area contributed by atoms with Gasteiger partial charge in [0.05, 0.1) is 0 Å². The Balaban J connectivity index is 1.61. The smallest absolute Gasteiger partial charge is 0.0449 e. The van der Waals surface area contributed by atoms with Crippen LogP contribution in [0.4, 0.5) is 0 Å². The molecule has 0 N–H and O–H groups in total. The maximum absolute atomic E-state index is 2.25. The molecule has 0 spiro atoms. The van der Waals surface area contributed by atoms with Gasteiger partial charge in [-0.3, -0.25) is 0 Å². The normalized spacial score (nSPS) is 11.3. The quantitative estimate of drug-likeness (QED) is 0.343. The minimum atomic E-state index is 0.583. The molecule has 0 aliphatic carbocycles. The fourth-order valence-corrected chi connectivity index (χ4v) is 5.62. The van der Waals surface area contributed by atoms with Gasteiger partial charge >= 0.3 is 0 Å². The first-order valence-corrected chi connectivity index (χ1v) is 10.6. The van der Waals surface area contributed by atoms with Gasteiger partial charge in [-0.05, 0) is 52.8 Å². The van der Waals surface area contributed by atoms with Crippen LogP contribution in [-0.4, -0.2) is 0 Å². The lowest BCUT2D eigenvalue weighted by Gasteiger charge is -2.05. The fraction of sp³-hybridized carbons (Fsp3) is 0.143. The number of thiophene rings is 3. The van der Waals surface area contributed by atoms with Gasteiger partial charge in [0.2, 0.25) is 0 Å². The Hall–Kier alpha value is -1.68. The van der Waals surface area contributed by atoms with Crippen molar-refractivity contribution in [3.05, 3.63) is 71.6 Å². The van der Waals surface area contributed by atoms with Crippen molar-refractivity contribution < 1.29 is 0 Å². The molecule has 3 heterocycles. The van der Waals surface area contributed by atoms with Crippen LogP contribution >= 0.6 is 34.0 Å². The lowest BCUT2D eigenvalue weighted by atomic mass is 10.0.